The monoisotopic (exact) mass is 284 g/mol. The van der Waals surface area contributed by atoms with E-state index in [2.05, 4.69) is 5.32 Å². The molecule has 1 atom stereocenters. The van der Waals surface area contributed by atoms with Gasteiger partial charge in [0, 0.05) is 5.56 Å². The van der Waals surface area contributed by atoms with Gasteiger partial charge in [-0.25, -0.2) is 0 Å². The average molecular weight is 284 g/mol. The second-order valence-electron chi connectivity index (χ2n) is 5.06. The van der Waals surface area contributed by atoms with E-state index in [1.807, 2.05) is 6.07 Å². The molecular formula is C16H16N2O3. The number of hydrogen-bond acceptors (Lipinski definition) is 4. The first-order valence-electron chi connectivity index (χ1n) is 6.50. The highest BCUT2D eigenvalue weighted by Gasteiger charge is 2.27. The smallest absolute Gasteiger partial charge is 0.251 e. The number of aliphatic hydroxyl groups is 1. The van der Waals surface area contributed by atoms with Gasteiger partial charge in [0.1, 0.15) is 17.1 Å². The largest absolute Gasteiger partial charge is 0.463 e. The van der Waals surface area contributed by atoms with Crippen molar-refractivity contribution in [3.8, 4) is 6.07 Å². The SMILES string of the molecule is Cc1ccc(C(C)(O)CNC(=O)c2ccc(C#N)cc2)o1. The number of nitriles is 1. The quantitative estimate of drug-likeness (QED) is 0.900. The normalized spacial score (nSPS) is 13.2. The lowest BCUT2D eigenvalue weighted by Crippen LogP contribution is -2.38. The van der Waals surface area contributed by atoms with E-state index in [0.29, 0.717) is 22.6 Å². The lowest BCUT2D eigenvalue weighted by Gasteiger charge is -2.21. The van der Waals surface area contributed by atoms with Crippen molar-refractivity contribution in [2.24, 2.45) is 0 Å². The fraction of sp³-hybridized carbons (Fsp3) is 0.250. The summed E-state index contributed by atoms with van der Waals surface area (Å²) in [6.45, 7) is 3.39. The Hall–Kier alpha value is -2.58. The Labute approximate surface area is 122 Å². The van der Waals surface area contributed by atoms with Crippen LogP contribution in [0.15, 0.2) is 40.8 Å². The summed E-state index contributed by atoms with van der Waals surface area (Å²) in [4.78, 5) is 12.0. The fourth-order valence-electron chi connectivity index (χ4n) is 1.86. The summed E-state index contributed by atoms with van der Waals surface area (Å²) in [5.74, 6) is 0.784. The molecule has 0 aliphatic heterocycles. The molecule has 0 spiro atoms. The van der Waals surface area contributed by atoms with Gasteiger partial charge in [-0.3, -0.25) is 4.79 Å². The fourth-order valence-corrected chi connectivity index (χ4v) is 1.86. The number of aryl methyl sites for hydroxylation is 1. The molecule has 0 fully saturated rings. The predicted octanol–water partition coefficient (Wildman–Crippen LogP) is 2.10. The van der Waals surface area contributed by atoms with E-state index in [9.17, 15) is 9.90 Å². The van der Waals surface area contributed by atoms with E-state index in [0.717, 1.165) is 0 Å². The minimum Gasteiger partial charge on any atom is -0.463 e. The summed E-state index contributed by atoms with van der Waals surface area (Å²) in [5, 5.41) is 21.7. The molecule has 0 saturated heterocycles. The molecule has 2 rings (SSSR count). The van der Waals surface area contributed by atoms with Crippen LogP contribution in [0.3, 0.4) is 0 Å². The van der Waals surface area contributed by atoms with Crippen LogP contribution in [0.2, 0.25) is 0 Å². The molecule has 0 bridgehead atoms. The maximum atomic E-state index is 12.0. The number of rotatable bonds is 4. The summed E-state index contributed by atoms with van der Waals surface area (Å²) < 4.78 is 5.38. The van der Waals surface area contributed by atoms with Gasteiger partial charge in [0.05, 0.1) is 18.2 Å². The molecule has 1 aromatic carbocycles. The van der Waals surface area contributed by atoms with Gasteiger partial charge < -0.3 is 14.8 Å². The standard InChI is InChI=1S/C16H16N2O3/c1-11-3-8-14(21-11)16(2,20)10-18-15(19)13-6-4-12(9-17)5-7-13/h3-8,20H,10H2,1-2H3,(H,18,19). The van der Waals surface area contributed by atoms with Crippen molar-refractivity contribution in [1.29, 1.82) is 5.26 Å². The van der Waals surface area contributed by atoms with Crippen molar-refractivity contribution in [1.82, 2.24) is 5.32 Å². The second kappa shape index (κ2) is 5.81. The van der Waals surface area contributed by atoms with Gasteiger partial charge in [-0.1, -0.05) is 0 Å². The van der Waals surface area contributed by atoms with Gasteiger partial charge in [-0.15, -0.1) is 0 Å². The summed E-state index contributed by atoms with van der Waals surface area (Å²) in [6.07, 6.45) is 0. The van der Waals surface area contributed by atoms with Crippen LogP contribution in [0, 0.1) is 18.3 Å². The molecule has 1 unspecified atom stereocenters. The van der Waals surface area contributed by atoms with Gasteiger partial charge >= 0.3 is 0 Å². The number of carbonyl (C=O) groups excluding carboxylic acids is 1. The van der Waals surface area contributed by atoms with Gasteiger partial charge in [0.15, 0.2) is 0 Å². The minimum absolute atomic E-state index is 0.0266. The van der Waals surface area contributed by atoms with E-state index in [1.54, 1.807) is 50.2 Å². The van der Waals surface area contributed by atoms with E-state index in [4.69, 9.17) is 9.68 Å². The van der Waals surface area contributed by atoms with Crippen molar-refractivity contribution >= 4 is 5.91 Å². The molecule has 0 saturated carbocycles. The highest BCUT2D eigenvalue weighted by atomic mass is 16.4. The number of nitrogens with zero attached hydrogens (tertiary/aromatic N) is 1. The third kappa shape index (κ3) is 3.50. The maximum Gasteiger partial charge on any atom is 0.251 e. The molecule has 0 aliphatic rings. The van der Waals surface area contributed by atoms with Gasteiger partial charge in [-0.05, 0) is 50.2 Å². The maximum absolute atomic E-state index is 12.0. The number of amides is 1. The van der Waals surface area contributed by atoms with Crippen molar-refractivity contribution < 1.29 is 14.3 Å². The zero-order valence-corrected chi connectivity index (χ0v) is 11.9. The lowest BCUT2D eigenvalue weighted by atomic mass is 10.0. The highest BCUT2D eigenvalue weighted by Crippen LogP contribution is 2.22. The summed E-state index contributed by atoms with van der Waals surface area (Å²) in [7, 11) is 0. The molecule has 1 heterocycles. The Morgan fingerprint density at radius 1 is 1.33 bits per heavy atom. The van der Waals surface area contributed by atoms with Gasteiger partial charge in [0.2, 0.25) is 0 Å². The van der Waals surface area contributed by atoms with Gasteiger partial charge in [0.25, 0.3) is 5.91 Å². The molecule has 2 N–H and O–H groups in total. The summed E-state index contributed by atoms with van der Waals surface area (Å²) in [5.41, 5.74) is -0.360. The van der Waals surface area contributed by atoms with Crippen LogP contribution in [0.5, 0.6) is 0 Å². The van der Waals surface area contributed by atoms with Crippen molar-refractivity contribution in [3.05, 3.63) is 59.0 Å². The third-order valence-corrected chi connectivity index (χ3v) is 3.14. The van der Waals surface area contributed by atoms with Crippen LogP contribution < -0.4 is 5.32 Å². The van der Waals surface area contributed by atoms with Gasteiger partial charge in [-0.2, -0.15) is 5.26 Å². The molecule has 1 amide bonds. The minimum atomic E-state index is -1.28. The van der Waals surface area contributed by atoms with Crippen molar-refractivity contribution in [2.45, 2.75) is 19.4 Å². The number of nitrogens with one attached hydrogen (secondary N) is 1. The Balaban J connectivity index is 2.01. The lowest BCUT2D eigenvalue weighted by molar-refractivity contribution is 0.0323. The molecule has 2 aromatic rings. The molecule has 1 aromatic heterocycles. The Morgan fingerprint density at radius 3 is 2.52 bits per heavy atom. The molecule has 5 heteroatoms. The Morgan fingerprint density at radius 2 is 2.00 bits per heavy atom. The summed E-state index contributed by atoms with van der Waals surface area (Å²) >= 11 is 0. The molecule has 21 heavy (non-hydrogen) atoms. The first kappa shape index (κ1) is 14.8. The van der Waals surface area contributed by atoms with Crippen LogP contribution >= 0.6 is 0 Å². The van der Waals surface area contributed by atoms with Crippen LogP contribution in [0.4, 0.5) is 0 Å². The van der Waals surface area contributed by atoms with E-state index >= 15 is 0 Å². The first-order valence-corrected chi connectivity index (χ1v) is 6.50. The molecule has 5 nitrogen and oxygen atoms in total. The topological polar surface area (TPSA) is 86.3 Å². The Bertz CT molecular complexity index is 678. The number of carbonyl (C=O) groups is 1. The second-order valence-corrected chi connectivity index (χ2v) is 5.06. The van der Waals surface area contributed by atoms with E-state index in [1.165, 1.54) is 0 Å². The van der Waals surface area contributed by atoms with Crippen molar-refractivity contribution in [2.75, 3.05) is 6.54 Å². The number of hydrogen-bond donors (Lipinski definition) is 2. The van der Waals surface area contributed by atoms with Crippen LogP contribution in [-0.4, -0.2) is 17.6 Å². The van der Waals surface area contributed by atoms with Crippen LogP contribution in [-0.2, 0) is 5.60 Å². The highest BCUT2D eigenvalue weighted by molar-refractivity contribution is 5.94. The van der Waals surface area contributed by atoms with E-state index in [-0.39, 0.29) is 12.5 Å². The zero-order chi connectivity index (χ0) is 15.5. The number of furan rings is 1. The molecule has 0 aliphatic carbocycles. The molecule has 108 valence electrons. The van der Waals surface area contributed by atoms with Crippen LogP contribution in [0.25, 0.3) is 0 Å². The van der Waals surface area contributed by atoms with Crippen LogP contribution in [0.1, 0.15) is 34.4 Å². The Kier molecular flexibility index (Phi) is 4.10. The summed E-state index contributed by atoms with van der Waals surface area (Å²) in [6, 6.07) is 11.7. The first-order chi connectivity index (χ1) is 9.92. The zero-order valence-electron chi connectivity index (χ0n) is 11.9. The molecular weight excluding hydrogens is 268 g/mol. The number of benzene rings is 1. The average Bonchev–Trinajstić information content (AvgIpc) is 2.92. The predicted molar refractivity (Wildman–Crippen MR) is 76.5 cm³/mol. The van der Waals surface area contributed by atoms with E-state index < -0.39 is 5.60 Å². The van der Waals surface area contributed by atoms with Crippen molar-refractivity contribution in [3.63, 3.8) is 0 Å². The third-order valence-electron chi connectivity index (χ3n) is 3.14. The molecule has 0 radical (unpaired) electrons.